The maximum Gasteiger partial charge on any atom is 0.0634 e. The van der Waals surface area contributed by atoms with Crippen molar-refractivity contribution >= 4 is 11.8 Å². The molecule has 2 saturated heterocycles. The van der Waals surface area contributed by atoms with Crippen molar-refractivity contribution in [3.05, 3.63) is 0 Å². The molecule has 4 heteroatoms. The van der Waals surface area contributed by atoms with Crippen LogP contribution in [0.25, 0.3) is 0 Å². The van der Waals surface area contributed by atoms with Gasteiger partial charge in [0, 0.05) is 44.5 Å². The van der Waals surface area contributed by atoms with E-state index in [9.17, 15) is 0 Å². The minimum Gasteiger partial charge on any atom is -0.378 e. The first-order chi connectivity index (χ1) is 7.40. The number of morpholine rings is 1. The summed E-state index contributed by atoms with van der Waals surface area (Å²) in [5, 5.41) is 0. The molecule has 0 aromatic carbocycles. The zero-order valence-electron chi connectivity index (χ0n) is 9.65. The van der Waals surface area contributed by atoms with E-state index >= 15 is 0 Å². The van der Waals surface area contributed by atoms with E-state index in [1.54, 1.807) is 0 Å². The summed E-state index contributed by atoms with van der Waals surface area (Å²) in [4.78, 5) is 5.19. The van der Waals surface area contributed by atoms with Gasteiger partial charge in [-0.1, -0.05) is 6.92 Å². The second-order valence-corrected chi connectivity index (χ2v) is 5.66. The summed E-state index contributed by atoms with van der Waals surface area (Å²) in [6.45, 7) is 10.2. The van der Waals surface area contributed by atoms with Gasteiger partial charge in [-0.2, -0.15) is 11.8 Å². The van der Waals surface area contributed by atoms with E-state index in [1.807, 2.05) is 11.8 Å². The molecule has 1 unspecified atom stereocenters. The number of piperazine rings is 1. The lowest BCUT2D eigenvalue weighted by Crippen LogP contribution is -2.58. The normalized spacial score (nSPS) is 29.0. The quantitative estimate of drug-likeness (QED) is 0.662. The third kappa shape index (κ3) is 3.34. The largest absolute Gasteiger partial charge is 0.378 e. The van der Waals surface area contributed by atoms with E-state index in [0.29, 0.717) is 6.04 Å². The van der Waals surface area contributed by atoms with Crippen LogP contribution in [-0.2, 0) is 4.74 Å². The molecule has 0 saturated carbocycles. The van der Waals surface area contributed by atoms with Crippen LogP contribution in [0.5, 0.6) is 0 Å². The summed E-state index contributed by atoms with van der Waals surface area (Å²) in [5.41, 5.74) is 0. The molecule has 15 heavy (non-hydrogen) atoms. The van der Waals surface area contributed by atoms with Crippen LogP contribution in [0.3, 0.4) is 0 Å². The summed E-state index contributed by atoms with van der Waals surface area (Å²) in [7, 11) is 0. The predicted molar refractivity (Wildman–Crippen MR) is 65.6 cm³/mol. The molecule has 0 amide bonds. The fraction of sp³-hybridized carbons (Fsp3) is 1.00. The molecule has 2 aliphatic rings. The van der Waals surface area contributed by atoms with Gasteiger partial charge in [-0.25, -0.2) is 0 Å². The molecule has 0 radical (unpaired) electrons. The van der Waals surface area contributed by atoms with Crippen LogP contribution in [0.15, 0.2) is 0 Å². The van der Waals surface area contributed by atoms with Crippen molar-refractivity contribution in [1.29, 1.82) is 0 Å². The predicted octanol–water partition coefficient (Wildman–Crippen LogP) is 0.756. The second-order valence-electron chi connectivity index (χ2n) is 4.26. The Morgan fingerprint density at radius 3 is 3.13 bits per heavy atom. The van der Waals surface area contributed by atoms with Crippen molar-refractivity contribution in [2.75, 3.05) is 57.4 Å². The standard InChI is InChI=1S/C11H22N2OS/c1-2-15-8-6-12-3-4-13-5-7-14-10-11(13)9-12/h11H,2-10H2,1H3. The Kier molecular flexibility index (Phi) is 4.75. The smallest absolute Gasteiger partial charge is 0.0634 e. The molecule has 0 N–H and O–H groups in total. The summed E-state index contributed by atoms with van der Waals surface area (Å²) in [5.74, 6) is 2.52. The fourth-order valence-corrected chi connectivity index (χ4v) is 3.03. The molecule has 0 spiro atoms. The van der Waals surface area contributed by atoms with Crippen molar-refractivity contribution < 1.29 is 4.74 Å². The van der Waals surface area contributed by atoms with E-state index in [4.69, 9.17) is 4.74 Å². The number of fused-ring (bicyclic) bond motifs is 1. The van der Waals surface area contributed by atoms with E-state index in [2.05, 4.69) is 16.7 Å². The van der Waals surface area contributed by atoms with Crippen molar-refractivity contribution in [1.82, 2.24) is 9.80 Å². The zero-order valence-corrected chi connectivity index (χ0v) is 10.5. The van der Waals surface area contributed by atoms with Crippen LogP contribution in [0.1, 0.15) is 6.92 Å². The Hall–Kier alpha value is 0.230. The average molecular weight is 230 g/mol. The first-order valence-corrected chi connectivity index (χ1v) is 7.17. The highest BCUT2D eigenvalue weighted by atomic mass is 32.2. The molecule has 2 fully saturated rings. The van der Waals surface area contributed by atoms with Crippen LogP contribution in [0, 0.1) is 0 Å². The average Bonchev–Trinajstić information content (AvgIpc) is 2.29. The fourth-order valence-electron chi connectivity index (χ4n) is 2.35. The number of hydrogen-bond donors (Lipinski definition) is 0. The Bertz CT molecular complexity index is 189. The lowest BCUT2D eigenvalue weighted by Gasteiger charge is -2.43. The van der Waals surface area contributed by atoms with Crippen LogP contribution in [0.2, 0.25) is 0 Å². The number of nitrogens with zero attached hydrogens (tertiary/aromatic N) is 2. The summed E-state index contributed by atoms with van der Waals surface area (Å²) < 4.78 is 5.54. The van der Waals surface area contributed by atoms with Crippen molar-refractivity contribution in [3.63, 3.8) is 0 Å². The molecule has 88 valence electrons. The molecule has 2 rings (SSSR count). The van der Waals surface area contributed by atoms with Gasteiger partial charge in [0.05, 0.1) is 13.2 Å². The summed E-state index contributed by atoms with van der Waals surface area (Å²) in [6.07, 6.45) is 0. The van der Waals surface area contributed by atoms with Crippen molar-refractivity contribution in [2.45, 2.75) is 13.0 Å². The van der Waals surface area contributed by atoms with Gasteiger partial charge in [0.2, 0.25) is 0 Å². The van der Waals surface area contributed by atoms with Gasteiger partial charge in [-0.05, 0) is 5.75 Å². The van der Waals surface area contributed by atoms with Gasteiger partial charge in [0.25, 0.3) is 0 Å². The van der Waals surface area contributed by atoms with Gasteiger partial charge in [-0.3, -0.25) is 9.80 Å². The SMILES string of the molecule is CCSCCN1CCN2CCOCC2C1. The molecular formula is C11H22N2OS. The van der Waals surface area contributed by atoms with Gasteiger partial charge < -0.3 is 4.74 Å². The first kappa shape index (κ1) is 11.7. The number of thioether (sulfide) groups is 1. The highest BCUT2D eigenvalue weighted by molar-refractivity contribution is 7.99. The van der Waals surface area contributed by atoms with Crippen LogP contribution in [0.4, 0.5) is 0 Å². The molecule has 3 nitrogen and oxygen atoms in total. The molecule has 0 aromatic rings. The van der Waals surface area contributed by atoms with Gasteiger partial charge in [-0.15, -0.1) is 0 Å². The van der Waals surface area contributed by atoms with Crippen LogP contribution < -0.4 is 0 Å². The van der Waals surface area contributed by atoms with Crippen LogP contribution in [-0.4, -0.2) is 73.3 Å². The Morgan fingerprint density at radius 2 is 2.27 bits per heavy atom. The number of rotatable bonds is 4. The van der Waals surface area contributed by atoms with E-state index < -0.39 is 0 Å². The maximum atomic E-state index is 5.54. The van der Waals surface area contributed by atoms with Crippen molar-refractivity contribution in [3.8, 4) is 0 Å². The molecule has 2 heterocycles. The van der Waals surface area contributed by atoms with Gasteiger partial charge in [0.15, 0.2) is 0 Å². The molecule has 2 aliphatic heterocycles. The molecular weight excluding hydrogens is 208 g/mol. The van der Waals surface area contributed by atoms with Crippen LogP contribution >= 0.6 is 11.8 Å². The molecule has 1 atom stereocenters. The number of ether oxygens (including phenoxy) is 1. The first-order valence-electron chi connectivity index (χ1n) is 6.02. The highest BCUT2D eigenvalue weighted by Gasteiger charge is 2.28. The lowest BCUT2D eigenvalue weighted by atomic mass is 10.1. The Labute approximate surface area is 97.1 Å². The lowest BCUT2D eigenvalue weighted by molar-refractivity contribution is -0.0433. The third-order valence-corrected chi connectivity index (χ3v) is 4.16. The molecule has 0 bridgehead atoms. The van der Waals surface area contributed by atoms with Crippen molar-refractivity contribution in [2.24, 2.45) is 0 Å². The zero-order chi connectivity index (χ0) is 10.5. The Balaban J connectivity index is 1.71. The summed E-state index contributed by atoms with van der Waals surface area (Å²) >= 11 is 2.04. The van der Waals surface area contributed by atoms with E-state index in [1.165, 1.54) is 37.7 Å². The Morgan fingerprint density at radius 1 is 1.33 bits per heavy atom. The van der Waals surface area contributed by atoms with Gasteiger partial charge in [0.1, 0.15) is 0 Å². The molecule has 0 aliphatic carbocycles. The summed E-state index contributed by atoms with van der Waals surface area (Å²) in [6, 6.07) is 0.666. The highest BCUT2D eigenvalue weighted by Crippen LogP contribution is 2.14. The minimum absolute atomic E-state index is 0.666. The minimum atomic E-state index is 0.666. The molecule has 0 aromatic heterocycles. The third-order valence-electron chi connectivity index (χ3n) is 3.28. The monoisotopic (exact) mass is 230 g/mol. The van der Waals surface area contributed by atoms with E-state index in [-0.39, 0.29) is 0 Å². The second kappa shape index (κ2) is 6.09. The van der Waals surface area contributed by atoms with Gasteiger partial charge >= 0.3 is 0 Å². The van der Waals surface area contributed by atoms with E-state index in [0.717, 1.165) is 19.8 Å². The topological polar surface area (TPSA) is 15.7 Å². The maximum absolute atomic E-state index is 5.54. The number of hydrogen-bond acceptors (Lipinski definition) is 4.